The Kier molecular flexibility index (Phi) is 5.05. The molecule has 0 unspecified atom stereocenters. The smallest absolute Gasteiger partial charge is 0.354 e. The summed E-state index contributed by atoms with van der Waals surface area (Å²) in [5, 5.41) is 5.31. The van der Waals surface area contributed by atoms with Crippen LogP contribution in [0.4, 0.5) is 13.2 Å². The molecule has 1 aromatic rings. The van der Waals surface area contributed by atoms with Gasteiger partial charge in [-0.05, 0) is 37.0 Å². The average molecular weight is 314 g/mol. The number of nitrogens with one attached hydrogen (secondary N) is 2. The van der Waals surface area contributed by atoms with Crippen LogP contribution in [0.5, 0.6) is 0 Å². The summed E-state index contributed by atoms with van der Waals surface area (Å²) in [5.74, 6) is -0.462. The molecule has 0 saturated carbocycles. The Hall–Kier alpha value is -2.05. The molecule has 0 aromatic heterocycles. The second-order valence-corrected chi connectivity index (χ2v) is 5.25. The Morgan fingerprint density at radius 3 is 2.55 bits per heavy atom. The predicted octanol–water partition coefficient (Wildman–Crippen LogP) is 2.03. The van der Waals surface area contributed by atoms with Gasteiger partial charge in [0.2, 0.25) is 11.8 Å². The van der Waals surface area contributed by atoms with E-state index in [4.69, 9.17) is 0 Å². The van der Waals surface area contributed by atoms with Crippen molar-refractivity contribution in [1.82, 2.24) is 10.6 Å². The Bertz CT molecular complexity index is 541. The Labute approximate surface area is 126 Å². The molecule has 1 aliphatic heterocycles. The second kappa shape index (κ2) is 6.81. The summed E-state index contributed by atoms with van der Waals surface area (Å²) in [7, 11) is 0. The zero-order valence-electron chi connectivity index (χ0n) is 11.9. The highest BCUT2D eigenvalue weighted by molar-refractivity contribution is 5.88. The summed E-state index contributed by atoms with van der Waals surface area (Å²) in [5.41, 5.74) is -0.0594. The molecule has 2 N–H and O–H groups in total. The first-order valence-corrected chi connectivity index (χ1v) is 7.09. The van der Waals surface area contributed by atoms with Gasteiger partial charge < -0.3 is 10.6 Å². The van der Waals surface area contributed by atoms with E-state index in [9.17, 15) is 22.8 Å². The van der Waals surface area contributed by atoms with Crippen molar-refractivity contribution in [2.24, 2.45) is 0 Å². The molecule has 0 radical (unpaired) electrons. The van der Waals surface area contributed by atoms with E-state index >= 15 is 0 Å². The van der Waals surface area contributed by atoms with Gasteiger partial charge in [-0.25, -0.2) is 0 Å². The molecule has 1 atom stereocenters. The van der Waals surface area contributed by atoms with Crippen molar-refractivity contribution in [2.45, 2.75) is 37.9 Å². The van der Waals surface area contributed by atoms with E-state index in [2.05, 4.69) is 10.6 Å². The fourth-order valence-electron chi connectivity index (χ4n) is 2.29. The molecule has 2 amide bonds. The van der Waals surface area contributed by atoms with E-state index in [0.29, 0.717) is 24.9 Å². The average Bonchev–Trinajstić information content (AvgIpc) is 2.47. The predicted molar refractivity (Wildman–Crippen MR) is 73.9 cm³/mol. The molecule has 0 spiro atoms. The van der Waals surface area contributed by atoms with Gasteiger partial charge >= 0.3 is 6.18 Å². The van der Waals surface area contributed by atoms with Gasteiger partial charge in [-0.15, -0.1) is 0 Å². The molecule has 1 fully saturated rings. The number of alkyl halides is 3. The van der Waals surface area contributed by atoms with Gasteiger partial charge in [0.1, 0.15) is 6.04 Å². The third-order valence-electron chi connectivity index (χ3n) is 3.54. The highest BCUT2D eigenvalue weighted by Crippen LogP contribution is 2.29. The van der Waals surface area contributed by atoms with Crippen LogP contribution in [0.2, 0.25) is 0 Å². The molecule has 1 aromatic carbocycles. The van der Waals surface area contributed by atoms with E-state index in [1.54, 1.807) is 0 Å². The maximum Gasteiger partial charge on any atom is 0.416 e. The van der Waals surface area contributed by atoms with E-state index in [-0.39, 0.29) is 18.2 Å². The first-order chi connectivity index (χ1) is 10.4. The lowest BCUT2D eigenvalue weighted by molar-refractivity contribution is -0.137. The zero-order valence-corrected chi connectivity index (χ0v) is 11.9. The lowest BCUT2D eigenvalue weighted by Crippen LogP contribution is -2.50. The molecule has 4 nitrogen and oxygen atoms in total. The van der Waals surface area contributed by atoms with E-state index < -0.39 is 17.8 Å². The molecule has 120 valence electrons. The maximum atomic E-state index is 12.4. The molecular weight excluding hydrogens is 297 g/mol. The molecule has 7 heteroatoms. The minimum atomic E-state index is -4.36. The SMILES string of the molecule is O=C(CCc1ccc(C(F)(F)F)cc1)N[C@H]1CCCNC1=O. The van der Waals surface area contributed by atoms with Crippen molar-refractivity contribution in [3.05, 3.63) is 35.4 Å². The van der Waals surface area contributed by atoms with Crippen LogP contribution >= 0.6 is 0 Å². The first kappa shape index (κ1) is 16.3. The van der Waals surface area contributed by atoms with Crippen LogP contribution in [0.15, 0.2) is 24.3 Å². The quantitative estimate of drug-likeness (QED) is 0.893. The van der Waals surface area contributed by atoms with Crippen LogP contribution in [-0.2, 0) is 22.2 Å². The van der Waals surface area contributed by atoms with Gasteiger partial charge in [-0.1, -0.05) is 12.1 Å². The number of hydrogen-bond donors (Lipinski definition) is 2. The maximum absolute atomic E-state index is 12.4. The van der Waals surface area contributed by atoms with E-state index in [1.807, 2.05) is 0 Å². The minimum Gasteiger partial charge on any atom is -0.354 e. The fourth-order valence-corrected chi connectivity index (χ4v) is 2.29. The van der Waals surface area contributed by atoms with E-state index in [0.717, 1.165) is 18.6 Å². The van der Waals surface area contributed by atoms with Crippen LogP contribution in [0.1, 0.15) is 30.4 Å². The number of hydrogen-bond acceptors (Lipinski definition) is 2. The third-order valence-corrected chi connectivity index (χ3v) is 3.54. The van der Waals surface area contributed by atoms with Crippen molar-refractivity contribution in [3.8, 4) is 0 Å². The van der Waals surface area contributed by atoms with Crippen molar-refractivity contribution in [1.29, 1.82) is 0 Å². The fraction of sp³-hybridized carbons (Fsp3) is 0.467. The summed E-state index contributed by atoms with van der Waals surface area (Å²) < 4.78 is 37.3. The molecule has 0 aliphatic carbocycles. The van der Waals surface area contributed by atoms with Gasteiger partial charge in [0, 0.05) is 13.0 Å². The summed E-state index contributed by atoms with van der Waals surface area (Å²) in [6.07, 6.45) is -2.47. The topological polar surface area (TPSA) is 58.2 Å². The van der Waals surface area contributed by atoms with Crippen molar-refractivity contribution < 1.29 is 22.8 Å². The van der Waals surface area contributed by atoms with Gasteiger partial charge in [-0.2, -0.15) is 13.2 Å². The molecule has 1 heterocycles. The lowest BCUT2D eigenvalue weighted by Gasteiger charge is -2.22. The molecule has 22 heavy (non-hydrogen) atoms. The van der Waals surface area contributed by atoms with Gasteiger partial charge in [0.25, 0.3) is 0 Å². The number of aryl methyl sites for hydroxylation is 1. The monoisotopic (exact) mass is 314 g/mol. The lowest BCUT2D eigenvalue weighted by atomic mass is 10.0. The number of halogens is 3. The summed E-state index contributed by atoms with van der Waals surface area (Å²) in [6, 6.07) is 4.23. The van der Waals surface area contributed by atoms with Crippen LogP contribution in [0, 0.1) is 0 Å². The molecule has 1 aliphatic rings. The second-order valence-electron chi connectivity index (χ2n) is 5.25. The molecular formula is C15H17F3N2O2. The third kappa shape index (κ3) is 4.47. The van der Waals surface area contributed by atoms with Gasteiger partial charge in [0.15, 0.2) is 0 Å². The number of rotatable bonds is 4. The van der Waals surface area contributed by atoms with Gasteiger partial charge in [0.05, 0.1) is 5.56 Å². The Morgan fingerprint density at radius 1 is 1.27 bits per heavy atom. The number of carbonyl (C=O) groups excluding carboxylic acids is 2. The zero-order chi connectivity index (χ0) is 16.2. The number of benzene rings is 1. The first-order valence-electron chi connectivity index (χ1n) is 7.09. The summed E-state index contributed by atoms with van der Waals surface area (Å²) >= 11 is 0. The van der Waals surface area contributed by atoms with Crippen LogP contribution < -0.4 is 10.6 Å². The normalized spacial score (nSPS) is 18.7. The van der Waals surface area contributed by atoms with Crippen molar-refractivity contribution in [2.75, 3.05) is 6.54 Å². The van der Waals surface area contributed by atoms with Crippen molar-refractivity contribution in [3.63, 3.8) is 0 Å². The molecule has 2 rings (SSSR count). The number of carbonyl (C=O) groups is 2. The molecule has 0 bridgehead atoms. The highest BCUT2D eigenvalue weighted by atomic mass is 19.4. The van der Waals surface area contributed by atoms with E-state index in [1.165, 1.54) is 12.1 Å². The largest absolute Gasteiger partial charge is 0.416 e. The van der Waals surface area contributed by atoms with Crippen LogP contribution in [-0.4, -0.2) is 24.4 Å². The number of amides is 2. The Balaban J connectivity index is 1.82. The highest BCUT2D eigenvalue weighted by Gasteiger charge is 2.30. The minimum absolute atomic E-state index is 0.134. The number of piperidine rings is 1. The standard InChI is InChI=1S/C15H17F3N2O2/c16-15(17,18)11-6-3-10(4-7-11)5-8-13(21)20-12-2-1-9-19-14(12)22/h3-4,6-7,12H,1-2,5,8-9H2,(H,19,22)(H,20,21)/t12-/m0/s1. The molecule has 1 saturated heterocycles. The van der Waals surface area contributed by atoms with Crippen LogP contribution in [0.3, 0.4) is 0 Å². The van der Waals surface area contributed by atoms with Crippen molar-refractivity contribution >= 4 is 11.8 Å². The summed E-state index contributed by atoms with van der Waals surface area (Å²) in [6.45, 7) is 0.622. The Morgan fingerprint density at radius 2 is 1.95 bits per heavy atom. The van der Waals surface area contributed by atoms with Crippen LogP contribution in [0.25, 0.3) is 0 Å². The van der Waals surface area contributed by atoms with Gasteiger partial charge in [-0.3, -0.25) is 9.59 Å². The summed E-state index contributed by atoms with van der Waals surface area (Å²) in [4.78, 5) is 23.3.